The van der Waals surface area contributed by atoms with Gasteiger partial charge >= 0.3 is 5.97 Å². The lowest BCUT2D eigenvalue weighted by Gasteiger charge is -2.41. The second-order valence-corrected chi connectivity index (χ2v) is 8.43. The van der Waals surface area contributed by atoms with Crippen LogP contribution in [0.3, 0.4) is 0 Å². The molecule has 0 amide bonds. The lowest BCUT2D eigenvalue weighted by molar-refractivity contribution is -0.158. The Kier molecular flexibility index (Phi) is 15.0. The normalized spacial score (nSPS) is 17.1. The van der Waals surface area contributed by atoms with Crippen LogP contribution in [0.4, 0.5) is 0 Å². The molecule has 4 atom stereocenters. The van der Waals surface area contributed by atoms with E-state index in [1.54, 1.807) is 0 Å². The molecule has 0 aliphatic rings. The monoisotopic (exact) mass is 384 g/mol. The Morgan fingerprint density at radius 2 is 1.48 bits per heavy atom. The van der Waals surface area contributed by atoms with E-state index in [9.17, 15) is 9.90 Å². The first-order valence-corrected chi connectivity index (χ1v) is 11.8. The van der Waals surface area contributed by atoms with Crippen molar-refractivity contribution in [2.24, 2.45) is 17.3 Å². The second kappa shape index (κ2) is 15.4. The molecule has 0 saturated carbocycles. The van der Waals surface area contributed by atoms with Gasteiger partial charge in [0.05, 0.1) is 18.6 Å². The zero-order chi connectivity index (χ0) is 20.7. The Morgan fingerprint density at radius 3 is 1.96 bits per heavy atom. The van der Waals surface area contributed by atoms with Crippen LogP contribution in [0.15, 0.2) is 0 Å². The number of aliphatic hydroxyl groups is 1. The average Bonchev–Trinajstić information content (AvgIpc) is 2.69. The molecule has 0 aliphatic heterocycles. The van der Waals surface area contributed by atoms with Crippen LogP contribution in [0.5, 0.6) is 0 Å². The van der Waals surface area contributed by atoms with Gasteiger partial charge < -0.3 is 9.84 Å². The highest BCUT2D eigenvalue weighted by Crippen LogP contribution is 2.39. The summed E-state index contributed by atoms with van der Waals surface area (Å²) in [4.78, 5) is 12.6. The summed E-state index contributed by atoms with van der Waals surface area (Å²) in [6, 6.07) is 0. The highest BCUT2D eigenvalue weighted by molar-refractivity contribution is 5.72. The third-order valence-electron chi connectivity index (χ3n) is 6.49. The lowest BCUT2D eigenvalue weighted by atomic mass is 9.70. The topological polar surface area (TPSA) is 46.5 Å². The van der Waals surface area contributed by atoms with Crippen molar-refractivity contribution in [3.63, 3.8) is 0 Å². The Morgan fingerprint density at radius 1 is 0.889 bits per heavy atom. The van der Waals surface area contributed by atoms with E-state index in [0.717, 1.165) is 77.0 Å². The number of hydrogen-bond acceptors (Lipinski definition) is 3. The molecule has 1 N–H and O–H groups in total. The van der Waals surface area contributed by atoms with Crippen LogP contribution in [-0.4, -0.2) is 23.8 Å². The van der Waals surface area contributed by atoms with Gasteiger partial charge in [-0.1, -0.05) is 86.5 Å². The van der Waals surface area contributed by atoms with Crippen molar-refractivity contribution in [3.8, 4) is 0 Å². The second-order valence-electron chi connectivity index (χ2n) is 8.43. The lowest BCUT2D eigenvalue weighted by Crippen LogP contribution is -2.44. The third kappa shape index (κ3) is 8.98. The fourth-order valence-corrected chi connectivity index (χ4v) is 4.15. The minimum Gasteiger partial charge on any atom is -0.465 e. The molecule has 0 aliphatic carbocycles. The van der Waals surface area contributed by atoms with Crippen LogP contribution in [0.2, 0.25) is 0 Å². The van der Waals surface area contributed by atoms with Gasteiger partial charge in [-0.3, -0.25) is 4.79 Å². The van der Waals surface area contributed by atoms with E-state index in [1.165, 1.54) is 0 Å². The number of esters is 1. The molecule has 0 heterocycles. The van der Waals surface area contributed by atoms with E-state index in [4.69, 9.17) is 4.74 Å². The molecule has 0 aromatic rings. The summed E-state index contributed by atoms with van der Waals surface area (Å²) in [7, 11) is 0. The predicted octanol–water partition coefficient (Wildman–Crippen LogP) is 6.91. The Balaban J connectivity index is 5.21. The third-order valence-corrected chi connectivity index (χ3v) is 6.49. The molecule has 3 nitrogen and oxygen atoms in total. The van der Waals surface area contributed by atoms with Crippen molar-refractivity contribution in [2.75, 3.05) is 6.61 Å². The van der Waals surface area contributed by atoms with Crippen LogP contribution in [0.25, 0.3) is 0 Å². The molecule has 0 spiro atoms. The minimum absolute atomic E-state index is 0.00453. The number of carbonyl (C=O) groups excluding carboxylic acids is 1. The molecule has 0 saturated heterocycles. The summed E-state index contributed by atoms with van der Waals surface area (Å²) in [6.07, 6.45) is 11.8. The molecule has 27 heavy (non-hydrogen) atoms. The maximum absolute atomic E-state index is 12.6. The SMILES string of the molecule is CCCCC(CC)C(=O)OCC(CC)(CCCC)C(O)C(CC)CCCC. The Hall–Kier alpha value is -0.570. The fraction of sp³-hybridized carbons (Fsp3) is 0.958. The van der Waals surface area contributed by atoms with Gasteiger partial charge in [-0.2, -0.15) is 0 Å². The molecular formula is C24H48O3. The van der Waals surface area contributed by atoms with E-state index in [1.807, 2.05) is 0 Å². The number of hydrogen-bond donors (Lipinski definition) is 1. The standard InChI is InChI=1S/C24H48O3/c1-7-13-16-20(10-4)22(25)24(12-6,18-15-9-3)19-27-23(26)21(11-5)17-14-8-2/h20-22,25H,7-19H2,1-6H3. The van der Waals surface area contributed by atoms with Gasteiger partial charge in [-0.15, -0.1) is 0 Å². The zero-order valence-corrected chi connectivity index (χ0v) is 19.2. The van der Waals surface area contributed by atoms with Gasteiger partial charge in [0.2, 0.25) is 0 Å². The highest BCUT2D eigenvalue weighted by atomic mass is 16.5. The maximum atomic E-state index is 12.6. The van der Waals surface area contributed by atoms with Gasteiger partial charge in [0.25, 0.3) is 0 Å². The van der Waals surface area contributed by atoms with E-state index < -0.39 is 6.10 Å². The summed E-state index contributed by atoms with van der Waals surface area (Å²) in [5.41, 5.74) is -0.302. The van der Waals surface area contributed by atoms with E-state index in [0.29, 0.717) is 12.5 Å². The van der Waals surface area contributed by atoms with Crippen molar-refractivity contribution < 1.29 is 14.6 Å². The fourth-order valence-electron chi connectivity index (χ4n) is 4.15. The number of unbranched alkanes of at least 4 members (excludes halogenated alkanes) is 3. The van der Waals surface area contributed by atoms with Gasteiger partial charge in [-0.25, -0.2) is 0 Å². The number of carbonyl (C=O) groups is 1. The quantitative estimate of drug-likeness (QED) is 0.277. The van der Waals surface area contributed by atoms with E-state index >= 15 is 0 Å². The Labute approximate surface area is 169 Å². The molecule has 3 heteroatoms. The van der Waals surface area contributed by atoms with Gasteiger partial charge in [0, 0.05) is 5.41 Å². The van der Waals surface area contributed by atoms with Gasteiger partial charge in [-0.05, 0) is 38.0 Å². The number of aliphatic hydroxyl groups excluding tert-OH is 1. The molecule has 162 valence electrons. The first kappa shape index (κ1) is 26.4. The van der Waals surface area contributed by atoms with Gasteiger partial charge in [0.1, 0.15) is 0 Å². The molecule has 0 aromatic carbocycles. The van der Waals surface area contributed by atoms with Crippen molar-refractivity contribution in [1.29, 1.82) is 0 Å². The van der Waals surface area contributed by atoms with E-state index in [-0.39, 0.29) is 17.3 Å². The summed E-state index contributed by atoms with van der Waals surface area (Å²) >= 11 is 0. The minimum atomic E-state index is -0.394. The van der Waals surface area contributed by atoms with Crippen molar-refractivity contribution in [3.05, 3.63) is 0 Å². The molecule has 0 aromatic heterocycles. The first-order chi connectivity index (χ1) is 13.0. The number of rotatable bonds is 17. The van der Waals surface area contributed by atoms with Crippen LogP contribution in [0.1, 0.15) is 119 Å². The first-order valence-electron chi connectivity index (χ1n) is 11.8. The van der Waals surface area contributed by atoms with E-state index in [2.05, 4.69) is 41.5 Å². The smallest absolute Gasteiger partial charge is 0.308 e. The van der Waals surface area contributed by atoms with Crippen LogP contribution < -0.4 is 0 Å². The summed E-state index contributed by atoms with van der Waals surface area (Å²) in [5.74, 6) is 0.237. The zero-order valence-electron chi connectivity index (χ0n) is 19.2. The molecule has 0 radical (unpaired) electrons. The van der Waals surface area contributed by atoms with Crippen molar-refractivity contribution in [2.45, 2.75) is 125 Å². The summed E-state index contributed by atoms with van der Waals surface area (Å²) in [6.45, 7) is 13.3. The largest absolute Gasteiger partial charge is 0.465 e. The molecule has 0 bridgehead atoms. The summed E-state index contributed by atoms with van der Waals surface area (Å²) < 4.78 is 5.87. The molecule has 0 rings (SSSR count). The van der Waals surface area contributed by atoms with Crippen molar-refractivity contribution in [1.82, 2.24) is 0 Å². The molecular weight excluding hydrogens is 336 g/mol. The maximum Gasteiger partial charge on any atom is 0.308 e. The van der Waals surface area contributed by atoms with Crippen molar-refractivity contribution >= 4 is 5.97 Å². The number of ether oxygens (including phenoxy) is 1. The van der Waals surface area contributed by atoms with Crippen LogP contribution >= 0.6 is 0 Å². The summed E-state index contributed by atoms with van der Waals surface area (Å²) in [5, 5.41) is 11.3. The highest BCUT2D eigenvalue weighted by Gasteiger charge is 2.41. The Bertz CT molecular complexity index is 369. The van der Waals surface area contributed by atoms with Crippen LogP contribution in [-0.2, 0) is 9.53 Å². The van der Waals surface area contributed by atoms with Crippen LogP contribution in [0, 0.1) is 17.3 Å². The predicted molar refractivity (Wildman–Crippen MR) is 116 cm³/mol. The molecule has 4 unspecified atom stereocenters. The van der Waals surface area contributed by atoms with Gasteiger partial charge in [0.15, 0.2) is 0 Å². The average molecular weight is 385 g/mol. The molecule has 0 fully saturated rings.